The molecular formula is C21H31ClO5. The zero-order valence-corrected chi connectivity index (χ0v) is 17.0. The number of hydrogen-bond acceptors (Lipinski definition) is 5. The van der Waals surface area contributed by atoms with Gasteiger partial charge in [0.2, 0.25) is 0 Å². The maximum atomic E-state index is 13.4. The lowest BCUT2D eigenvalue weighted by atomic mass is 9.61. The summed E-state index contributed by atoms with van der Waals surface area (Å²) in [6.45, 7) is 4.27. The summed E-state index contributed by atoms with van der Waals surface area (Å²) < 4.78 is 22.9. The van der Waals surface area contributed by atoms with Gasteiger partial charge in [-0.3, -0.25) is 4.79 Å². The highest BCUT2D eigenvalue weighted by molar-refractivity contribution is 6.20. The lowest BCUT2D eigenvalue weighted by Gasteiger charge is -2.41. The molecule has 2 saturated carbocycles. The quantitative estimate of drug-likeness (QED) is 0.370. The number of carbonyl (C=O) groups excluding carboxylic acids is 1. The molecule has 0 aromatic carbocycles. The maximum Gasteiger partial charge on any atom is 0.313 e. The number of esters is 1. The lowest BCUT2D eigenvalue weighted by Crippen LogP contribution is -2.46. The molecule has 0 amide bonds. The minimum atomic E-state index is -0.608. The first-order chi connectivity index (χ1) is 13.0. The minimum Gasteiger partial charge on any atom is -0.445 e. The fourth-order valence-electron chi connectivity index (χ4n) is 5.83. The number of carbonyl (C=O) groups is 1. The highest BCUT2D eigenvalue weighted by atomic mass is 35.5. The number of epoxide rings is 3. The summed E-state index contributed by atoms with van der Waals surface area (Å²) in [5.41, 5.74) is -1.07. The Morgan fingerprint density at radius 3 is 2.74 bits per heavy atom. The molecule has 5 aliphatic rings. The normalized spacial score (nSPS) is 50.9. The summed E-state index contributed by atoms with van der Waals surface area (Å²) in [6, 6.07) is 0. The summed E-state index contributed by atoms with van der Waals surface area (Å²) >= 11 is 6.41. The van der Waals surface area contributed by atoms with Crippen molar-refractivity contribution >= 4 is 17.6 Å². The minimum absolute atomic E-state index is 0.114. The second-order valence-electron chi connectivity index (χ2n) is 9.39. The van der Waals surface area contributed by atoms with E-state index in [1.165, 1.54) is 0 Å². The van der Waals surface area contributed by atoms with Gasteiger partial charge in [0.1, 0.15) is 0 Å². The van der Waals surface area contributed by atoms with E-state index >= 15 is 0 Å². The average molecular weight is 399 g/mol. The van der Waals surface area contributed by atoms with Crippen LogP contribution in [0.1, 0.15) is 65.2 Å². The van der Waals surface area contributed by atoms with Crippen LogP contribution in [0.3, 0.4) is 0 Å². The number of halogens is 1. The molecule has 3 saturated heterocycles. The third kappa shape index (κ3) is 3.54. The second-order valence-corrected chi connectivity index (χ2v) is 9.88. The third-order valence-electron chi connectivity index (χ3n) is 7.78. The van der Waals surface area contributed by atoms with Gasteiger partial charge in [-0.15, -0.1) is 0 Å². The molecule has 3 aliphatic heterocycles. The van der Waals surface area contributed by atoms with E-state index in [0.717, 1.165) is 44.9 Å². The van der Waals surface area contributed by atoms with Crippen molar-refractivity contribution in [3.8, 4) is 0 Å². The van der Waals surface area contributed by atoms with Gasteiger partial charge in [0.25, 0.3) is 0 Å². The van der Waals surface area contributed by atoms with Crippen LogP contribution in [0, 0.1) is 17.3 Å². The van der Waals surface area contributed by atoms with E-state index in [9.17, 15) is 4.79 Å². The van der Waals surface area contributed by atoms with Gasteiger partial charge in [-0.05, 0) is 50.9 Å². The van der Waals surface area contributed by atoms with Crippen molar-refractivity contribution < 1.29 is 23.7 Å². The van der Waals surface area contributed by atoms with Crippen LogP contribution in [-0.2, 0) is 23.7 Å². The van der Waals surface area contributed by atoms with Crippen LogP contribution in [0.25, 0.3) is 0 Å². The first-order valence-corrected chi connectivity index (χ1v) is 11.3. The highest BCUT2D eigenvalue weighted by Gasteiger charge is 2.61. The molecule has 0 bridgehead atoms. The Labute approximate surface area is 166 Å². The van der Waals surface area contributed by atoms with Gasteiger partial charge < -0.3 is 18.9 Å². The molecule has 5 fully saturated rings. The molecule has 3 heterocycles. The smallest absolute Gasteiger partial charge is 0.313 e. The largest absolute Gasteiger partial charge is 0.445 e. The van der Waals surface area contributed by atoms with Gasteiger partial charge in [0, 0.05) is 12.3 Å². The number of ether oxygens (including phenoxy) is 4. The number of alkyl halides is 1. The number of hydrogen-bond donors (Lipinski definition) is 0. The second kappa shape index (κ2) is 6.86. The van der Waals surface area contributed by atoms with Gasteiger partial charge in [-0.25, -0.2) is 0 Å². The Kier molecular flexibility index (Phi) is 4.74. The molecule has 10 unspecified atom stereocenters. The molecular weight excluding hydrogens is 368 g/mol. The van der Waals surface area contributed by atoms with E-state index in [1.54, 1.807) is 0 Å². The van der Waals surface area contributed by atoms with Gasteiger partial charge in [0.05, 0.1) is 42.0 Å². The zero-order valence-electron chi connectivity index (χ0n) is 16.3. The summed E-state index contributed by atoms with van der Waals surface area (Å²) in [4.78, 5) is 13.4. The maximum absolute atomic E-state index is 13.4. The SMILES string of the molecule is CCC1OC1CC(Cl)OC(=O)C1(CC2CCC3OC3C2)CCC2OC2C1C. The molecule has 0 radical (unpaired) electrons. The van der Waals surface area contributed by atoms with Crippen molar-refractivity contribution in [3.05, 3.63) is 0 Å². The first-order valence-electron chi connectivity index (χ1n) is 10.8. The van der Waals surface area contributed by atoms with Gasteiger partial charge in [0.15, 0.2) is 5.56 Å². The van der Waals surface area contributed by atoms with Crippen LogP contribution in [-0.4, -0.2) is 48.2 Å². The number of rotatable bonds is 7. The van der Waals surface area contributed by atoms with Crippen molar-refractivity contribution in [2.75, 3.05) is 0 Å². The molecule has 10 atom stereocenters. The van der Waals surface area contributed by atoms with Crippen LogP contribution in [0.15, 0.2) is 0 Å². The average Bonchev–Trinajstić information content (AvgIpc) is 3.49. The third-order valence-corrected chi connectivity index (χ3v) is 8.04. The van der Waals surface area contributed by atoms with Gasteiger partial charge in [-0.1, -0.05) is 25.4 Å². The van der Waals surface area contributed by atoms with Crippen molar-refractivity contribution in [2.24, 2.45) is 17.3 Å². The Hall–Kier alpha value is -0.360. The van der Waals surface area contributed by atoms with Crippen molar-refractivity contribution in [2.45, 2.75) is 107 Å². The lowest BCUT2D eigenvalue weighted by molar-refractivity contribution is -0.165. The topological polar surface area (TPSA) is 63.9 Å². The summed E-state index contributed by atoms with van der Waals surface area (Å²) in [5, 5.41) is 0. The van der Waals surface area contributed by atoms with Crippen LogP contribution in [0.5, 0.6) is 0 Å². The van der Waals surface area contributed by atoms with Crippen molar-refractivity contribution in [1.82, 2.24) is 0 Å². The standard InChI is InChI=1S/C21H31ClO5/c1-3-13-17(24-13)9-18(22)27-20(23)21(7-6-15-19(26-15)11(21)2)10-12-4-5-14-16(8-12)25-14/h11-19H,3-10H2,1-2H3. The van der Waals surface area contributed by atoms with E-state index in [2.05, 4.69) is 13.8 Å². The summed E-state index contributed by atoms with van der Waals surface area (Å²) in [5.74, 6) is 0.603. The molecule has 0 N–H and O–H groups in total. The Morgan fingerprint density at radius 2 is 2.00 bits per heavy atom. The predicted octanol–water partition coefficient (Wildman–Crippen LogP) is 3.80. The van der Waals surface area contributed by atoms with E-state index in [0.29, 0.717) is 30.7 Å². The van der Waals surface area contributed by atoms with Crippen LogP contribution in [0.2, 0.25) is 0 Å². The summed E-state index contributed by atoms with van der Waals surface area (Å²) in [6.07, 6.45) is 9.51. The molecule has 0 aromatic heterocycles. The van der Waals surface area contributed by atoms with Crippen LogP contribution in [0.4, 0.5) is 0 Å². The van der Waals surface area contributed by atoms with E-state index in [4.69, 9.17) is 30.5 Å². The van der Waals surface area contributed by atoms with Gasteiger partial charge >= 0.3 is 5.97 Å². The zero-order chi connectivity index (χ0) is 18.8. The molecule has 152 valence electrons. The predicted molar refractivity (Wildman–Crippen MR) is 99.4 cm³/mol. The van der Waals surface area contributed by atoms with E-state index in [-0.39, 0.29) is 30.2 Å². The fraction of sp³-hybridized carbons (Fsp3) is 0.952. The summed E-state index contributed by atoms with van der Waals surface area (Å²) in [7, 11) is 0. The van der Waals surface area contributed by atoms with Crippen LogP contribution >= 0.6 is 11.6 Å². The molecule has 0 spiro atoms. The van der Waals surface area contributed by atoms with Gasteiger partial charge in [-0.2, -0.15) is 0 Å². The van der Waals surface area contributed by atoms with Crippen molar-refractivity contribution in [3.63, 3.8) is 0 Å². The van der Waals surface area contributed by atoms with Crippen molar-refractivity contribution in [1.29, 1.82) is 0 Å². The Morgan fingerprint density at radius 1 is 1.15 bits per heavy atom. The Balaban J connectivity index is 1.26. The van der Waals surface area contributed by atoms with E-state index < -0.39 is 11.0 Å². The molecule has 5 rings (SSSR count). The molecule has 27 heavy (non-hydrogen) atoms. The molecule has 2 aliphatic carbocycles. The fourth-order valence-corrected chi connectivity index (χ4v) is 6.08. The van der Waals surface area contributed by atoms with Crippen LogP contribution < -0.4 is 0 Å². The monoisotopic (exact) mass is 398 g/mol. The molecule has 5 nitrogen and oxygen atoms in total. The number of fused-ring (bicyclic) bond motifs is 2. The first kappa shape index (κ1) is 18.7. The highest BCUT2D eigenvalue weighted by Crippen LogP contribution is 2.56. The Bertz CT molecular complexity index is 599. The molecule has 0 aromatic rings. The molecule has 6 heteroatoms. The van der Waals surface area contributed by atoms with E-state index in [1.807, 2.05) is 0 Å².